The molecule has 31 heavy (non-hydrogen) atoms. The number of hydrogen-bond donors (Lipinski definition) is 1. The van der Waals surface area contributed by atoms with Gasteiger partial charge in [0.2, 0.25) is 0 Å². The van der Waals surface area contributed by atoms with Crippen LogP contribution in [-0.2, 0) is 14.3 Å². The molecule has 2 aromatic rings. The van der Waals surface area contributed by atoms with Gasteiger partial charge < -0.3 is 19.5 Å². The lowest BCUT2D eigenvalue weighted by Gasteiger charge is -2.28. The van der Waals surface area contributed by atoms with Gasteiger partial charge in [0, 0.05) is 28.8 Å². The van der Waals surface area contributed by atoms with Crippen LogP contribution < -0.4 is 4.74 Å². The Balaban J connectivity index is 1.85. The van der Waals surface area contributed by atoms with Crippen molar-refractivity contribution in [1.29, 1.82) is 0 Å². The molecule has 2 aliphatic heterocycles. The average molecular weight is 486 g/mol. The van der Waals surface area contributed by atoms with E-state index in [1.54, 1.807) is 24.3 Å². The summed E-state index contributed by atoms with van der Waals surface area (Å²) < 4.78 is 12.4. The normalized spacial score (nSPS) is 22.8. The van der Waals surface area contributed by atoms with Gasteiger partial charge in [-0.15, -0.1) is 0 Å². The molecule has 0 spiro atoms. The summed E-state index contributed by atoms with van der Waals surface area (Å²) in [6.07, 6.45) is 1.62. The summed E-state index contributed by atoms with van der Waals surface area (Å²) in [5, 5.41) is 11.1. The van der Waals surface area contributed by atoms with Crippen molar-refractivity contribution >= 4 is 33.4 Å². The number of carbonyl (C=O) groups is 2. The molecule has 6 nitrogen and oxygen atoms in total. The maximum atomic E-state index is 13.1. The summed E-state index contributed by atoms with van der Waals surface area (Å²) in [5.74, 6) is -0.951. The summed E-state index contributed by atoms with van der Waals surface area (Å²) in [6, 6.07) is 13.5. The zero-order valence-electron chi connectivity index (χ0n) is 17.2. The van der Waals surface area contributed by atoms with Gasteiger partial charge in [-0.1, -0.05) is 46.3 Å². The van der Waals surface area contributed by atoms with Crippen LogP contribution in [0.1, 0.15) is 36.9 Å². The number of benzene rings is 2. The highest BCUT2D eigenvalue weighted by atomic mass is 79.9. The minimum Gasteiger partial charge on any atom is -0.507 e. The van der Waals surface area contributed by atoms with Crippen LogP contribution in [0.4, 0.5) is 0 Å². The number of aliphatic hydroxyl groups is 1. The molecule has 2 aromatic carbocycles. The number of amides is 1. The Hall–Kier alpha value is -2.64. The third kappa shape index (κ3) is 4.25. The molecule has 4 rings (SSSR count). The van der Waals surface area contributed by atoms with Gasteiger partial charge in [0.1, 0.15) is 11.5 Å². The zero-order chi connectivity index (χ0) is 22.0. The van der Waals surface area contributed by atoms with E-state index < -0.39 is 17.7 Å². The van der Waals surface area contributed by atoms with Gasteiger partial charge in [0.05, 0.1) is 24.3 Å². The topological polar surface area (TPSA) is 76.1 Å². The van der Waals surface area contributed by atoms with E-state index in [1.807, 2.05) is 31.2 Å². The first kappa shape index (κ1) is 21.6. The fourth-order valence-electron chi connectivity index (χ4n) is 4.16. The quantitative estimate of drug-likeness (QED) is 0.371. The lowest BCUT2D eigenvalue weighted by Crippen LogP contribution is -2.36. The highest BCUT2D eigenvalue weighted by molar-refractivity contribution is 9.10. The molecule has 0 bridgehead atoms. The van der Waals surface area contributed by atoms with Gasteiger partial charge in [0.15, 0.2) is 0 Å². The lowest BCUT2D eigenvalue weighted by molar-refractivity contribution is -0.140. The molecule has 162 valence electrons. The molecule has 2 heterocycles. The maximum absolute atomic E-state index is 13.1. The Kier molecular flexibility index (Phi) is 6.43. The molecule has 0 aliphatic carbocycles. The first-order valence-electron chi connectivity index (χ1n) is 10.4. The van der Waals surface area contributed by atoms with Crippen LogP contribution in [0.3, 0.4) is 0 Å². The SMILES string of the molecule is CCOc1ccccc1C1/C(=C(/O)c2ccc(Br)cc2)C(=O)C(=O)N1CC1CCCO1. The summed E-state index contributed by atoms with van der Waals surface area (Å²) >= 11 is 3.38. The van der Waals surface area contributed by atoms with E-state index in [0.29, 0.717) is 30.1 Å². The van der Waals surface area contributed by atoms with Gasteiger partial charge in [-0.25, -0.2) is 0 Å². The second kappa shape index (κ2) is 9.24. The Bertz CT molecular complexity index is 1010. The molecule has 2 atom stereocenters. The largest absolute Gasteiger partial charge is 0.507 e. The maximum Gasteiger partial charge on any atom is 0.295 e. The predicted molar refractivity (Wildman–Crippen MR) is 120 cm³/mol. The fraction of sp³-hybridized carbons (Fsp3) is 0.333. The first-order valence-corrected chi connectivity index (χ1v) is 11.2. The number of carbonyl (C=O) groups excluding carboxylic acids is 2. The average Bonchev–Trinajstić information content (AvgIpc) is 3.37. The first-order chi connectivity index (χ1) is 15.0. The predicted octanol–water partition coefficient (Wildman–Crippen LogP) is 4.45. The number of Topliss-reactive ketones (excluding diaryl/α,β-unsaturated/α-hetero) is 1. The molecule has 2 saturated heterocycles. The molecule has 1 N–H and O–H groups in total. The molecule has 0 aromatic heterocycles. The van der Waals surface area contributed by atoms with Gasteiger partial charge in [0.25, 0.3) is 11.7 Å². The van der Waals surface area contributed by atoms with E-state index in [-0.39, 0.29) is 24.0 Å². The zero-order valence-corrected chi connectivity index (χ0v) is 18.8. The number of ether oxygens (including phenoxy) is 2. The molecule has 0 radical (unpaired) electrons. The number of para-hydroxylation sites is 1. The van der Waals surface area contributed by atoms with Crippen molar-refractivity contribution in [2.75, 3.05) is 19.8 Å². The van der Waals surface area contributed by atoms with Crippen molar-refractivity contribution in [3.05, 3.63) is 69.7 Å². The number of hydrogen-bond acceptors (Lipinski definition) is 5. The van der Waals surface area contributed by atoms with Crippen LogP contribution >= 0.6 is 15.9 Å². The Morgan fingerprint density at radius 3 is 2.61 bits per heavy atom. The van der Waals surface area contributed by atoms with E-state index in [4.69, 9.17) is 9.47 Å². The van der Waals surface area contributed by atoms with Crippen molar-refractivity contribution in [1.82, 2.24) is 4.90 Å². The third-order valence-electron chi connectivity index (χ3n) is 5.60. The summed E-state index contributed by atoms with van der Waals surface area (Å²) in [5.41, 5.74) is 1.20. The van der Waals surface area contributed by atoms with Crippen LogP contribution in [0, 0.1) is 0 Å². The van der Waals surface area contributed by atoms with Gasteiger partial charge in [-0.2, -0.15) is 0 Å². The van der Waals surface area contributed by atoms with Crippen molar-refractivity contribution in [2.24, 2.45) is 0 Å². The van der Waals surface area contributed by atoms with E-state index in [0.717, 1.165) is 17.3 Å². The van der Waals surface area contributed by atoms with Crippen LogP contribution in [-0.4, -0.2) is 47.6 Å². The van der Waals surface area contributed by atoms with Crippen LogP contribution in [0.5, 0.6) is 5.75 Å². The summed E-state index contributed by atoms with van der Waals surface area (Å²) in [4.78, 5) is 27.7. The van der Waals surface area contributed by atoms with Crippen molar-refractivity contribution in [3.8, 4) is 5.75 Å². The molecule has 1 amide bonds. The van der Waals surface area contributed by atoms with Crippen LogP contribution in [0.15, 0.2) is 58.6 Å². The second-order valence-corrected chi connectivity index (χ2v) is 8.48. The smallest absolute Gasteiger partial charge is 0.295 e. The molecular weight excluding hydrogens is 462 g/mol. The molecule has 2 aliphatic rings. The van der Waals surface area contributed by atoms with Crippen LogP contribution in [0.25, 0.3) is 5.76 Å². The number of aliphatic hydroxyl groups excluding tert-OH is 1. The van der Waals surface area contributed by atoms with E-state index in [9.17, 15) is 14.7 Å². The second-order valence-electron chi connectivity index (χ2n) is 7.56. The number of ketones is 1. The van der Waals surface area contributed by atoms with Gasteiger partial charge >= 0.3 is 0 Å². The number of likely N-dealkylation sites (tertiary alicyclic amines) is 1. The highest BCUT2D eigenvalue weighted by Crippen LogP contribution is 2.43. The van der Waals surface area contributed by atoms with E-state index in [2.05, 4.69) is 15.9 Å². The Labute approximate surface area is 189 Å². The fourth-order valence-corrected chi connectivity index (χ4v) is 4.42. The van der Waals surface area contributed by atoms with Crippen molar-refractivity contribution in [3.63, 3.8) is 0 Å². The van der Waals surface area contributed by atoms with E-state index >= 15 is 0 Å². The molecule has 0 saturated carbocycles. The highest BCUT2D eigenvalue weighted by Gasteiger charge is 2.47. The number of halogens is 1. The molecule has 7 heteroatoms. The van der Waals surface area contributed by atoms with Crippen LogP contribution in [0.2, 0.25) is 0 Å². The summed E-state index contributed by atoms with van der Waals surface area (Å²) in [6.45, 7) is 3.25. The number of rotatable bonds is 6. The Morgan fingerprint density at radius 2 is 1.94 bits per heavy atom. The summed E-state index contributed by atoms with van der Waals surface area (Å²) in [7, 11) is 0. The monoisotopic (exact) mass is 485 g/mol. The minimum atomic E-state index is -0.754. The van der Waals surface area contributed by atoms with Crippen molar-refractivity contribution in [2.45, 2.75) is 31.9 Å². The van der Waals surface area contributed by atoms with Gasteiger partial charge in [-0.3, -0.25) is 9.59 Å². The molecule has 2 fully saturated rings. The van der Waals surface area contributed by atoms with E-state index in [1.165, 1.54) is 4.90 Å². The third-order valence-corrected chi connectivity index (χ3v) is 6.12. The lowest BCUT2D eigenvalue weighted by atomic mass is 9.94. The standard InChI is InChI=1S/C24H24BrNO5/c1-2-30-19-8-4-3-7-18(19)21-20(22(27)15-9-11-16(25)12-10-15)23(28)24(29)26(21)14-17-6-5-13-31-17/h3-4,7-12,17,21,27H,2,5-6,13-14H2,1H3/b22-20-. The van der Waals surface area contributed by atoms with Crippen molar-refractivity contribution < 1.29 is 24.2 Å². The minimum absolute atomic E-state index is 0.0671. The molecule has 2 unspecified atom stereocenters. The van der Waals surface area contributed by atoms with Gasteiger partial charge in [-0.05, 0) is 38.0 Å². The number of nitrogens with zero attached hydrogens (tertiary/aromatic N) is 1. The Morgan fingerprint density at radius 1 is 1.19 bits per heavy atom. The molecular formula is C24H24BrNO5.